The lowest BCUT2D eigenvalue weighted by Gasteiger charge is -2.12. The number of carbonyl (C=O) groups excluding carboxylic acids is 1. The first-order chi connectivity index (χ1) is 9.90. The van der Waals surface area contributed by atoms with E-state index in [0.29, 0.717) is 18.3 Å². The second-order valence-electron chi connectivity index (χ2n) is 4.16. The Morgan fingerprint density at radius 2 is 2.14 bits per heavy atom. The highest BCUT2D eigenvalue weighted by Crippen LogP contribution is 2.30. The highest BCUT2D eigenvalue weighted by molar-refractivity contribution is 6.32. The van der Waals surface area contributed by atoms with Gasteiger partial charge < -0.3 is 10.5 Å². The molecule has 0 fully saturated rings. The second kappa shape index (κ2) is 5.69. The van der Waals surface area contributed by atoms with Crippen molar-refractivity contribution < 1.29 is 18.3 Å². The van der Waals surface area contributed by atoms with Gasteiger partial charge in [0.25, 0.3) is 0 Å². The number of hydrogen-bond acceptors (Lipinski definition) is 4. The van der Waals surface area contributed by atoms with Gasteiger partial charge in [0, 0.05) is 12.5 Å². The van der Waals surface area contributed by atoms with Crippen LogP contribution in [0.2, 0.25) is 5.02 Å². The zero-order valence-corrected chi connectivity index (χ0v) is 12.0. The van der Waals surface area contributed by atoms with Gasteiger partial charge in [-0.05, 0) is 6.07 Å². The predicted octanol–water partition coefficient (Wildman–Crippen LogP) is 2.74. The van der Waals surface area contributed by atoms with Crippen molar-refractivity contribution in [3.63, 3.8) is 0 Å². The molecule has 112 valence electrons. The van der Waals surface area contributed by atoms with Crippen LogP contribution in [0.15, 0.2) is 12.1 Å². The molecule has 1 heterocycles. The number of nitrogens with zero attached hydrogens (tertiary/aromatic N) is 2. The standard InChI is InChI=1S/C13H12ClF2N3O2/c1-3-9-18-10(13(20)21-2)12(17)19(9)11-7(14)4-6(15)5-8(11)16/h4-5H,3,17H2,1-2H3. The Bertz CT molecular complexity index is 693. The molecule has 8 heteroatoms. The van der Waals surface area contributed by atoms with Gasteiger partial charge in [0.05, 0.1) is 12.1 Å². The zero-order chi connectivity index (χ0) is 15.7. The van der Waals surface area contributed by atoms with E-state index in [1.165, 1.54) is 11.7 Å². The lowest BCUT2D eigenvalue weighted by atomic mass is 10.2. The Morgan fingerprint density at radius 3 is 2.67 bits per heavy atom. The van der Waals surface area contributed by atoms with Crippen LogP contribution < -0.4 is 5.73 Å². The molecule has 1 aromatic heterocycles. The van der Waals surface area contributed by atoms with E-state index in [1.54, 1.807) is 6.92 Å². The average molecular weight is 316 g/mol. The molecule has 2 rings (SSSR count). The summed E-state index contributed by atoms with van der Waals surface area (Å²) >= 11 is 5.89. The van der Waals surface area contributed by atoms with Gasteiger partial charge in [-0.2, -0.15) is 0 Å². The summed E-state index contributed by atoms with van der Waals surface area (Å²) in [5.74, 6) is -2.28. The van der Waals surface area contributed by atoms with Gasteiger partial charge in [0.1, 0.15) is 23.1 Å². The summed E-state index contributed by atoms with van der Waals surface area (Å²) in [4.78, 5) is 15.6. The summed E-state index contributed by atoms with van der Waals surface area (Å²) in [5.41, 5.74) is 5.54. The van der Waals surface area contributed by atoms with E-state index < -0.39 is 17.6 Å². The number of esters is 1. The molecule has 5 nitrogen and oxygen atoms in total. The molecule has 2 aromatic rings. The smallest absolute Gasteiger partial charge is 0.360 e. The first-order valence-corrected chi connectivity index (χ1v) is 6.38. The number of aryl methyl sites for hydroxylation is 1. The molecule has 0 aliphatic rings. The van der Waals surface area contributed by atoms with Gasteiger partial charge in [-0.1, -0.05) is 18.5 Å². The van der Waals surface area contributed by atoms with Crippen molar-refractivity contribution in [1.29, 1.82) is 0 Å². The Morgan fingerprint density at radius 1 is 1.48 bits per heavy atom. The molecule has 0 aliphatic heterocycles. The minimum Gasteiger partial charge on any atom is -0.464 e. The first-order valence-electron chi connectivity index (χ1n) is 6.01. The van der Waals surface area contributed by atoms with Crippen LogP contribution >= 0.6 is 11.6 Å². The number of aromatic nitrogens is 2. The number of imidazole rings is 1. The summed E-state index contributed by atoms with van der Waals surface area (Å²) in [6.45, 7) is 1.74. The first kappa shape index (κ1) is 15.2. The molecule has 0 spiro atoms. The number of benzene rings is 1. The van der Waals surface area contributed by atoms with Crippen molar-refractivity contribution in [2.24, 2.45) is 0 Å². The molecular formula is C13H12ClF2N3O2. The maximum atomic E-state index is 14.0. The molecule has 0 atom stereocenters. The fourth-order valence-electron chi connectivity index (χ4n) is 1.96. The summed E-state index contributed by atoms with van der Waals surface area (Å²) in [6.07, 6.45) is 0.355. The summed E-state index contributed by atoms with van der Waals surface area (Å²) in [5, 5.41) is -0.178. The molecule has 2 N–H and O–H groups in total. The van der Waals surface area contributed by atoms with E-state index in [1.807, 2.05) is 0 Å². The Kier molecular flexibility index (Phi) is 4.13. The molecule has 0 saturated heterocycles. The van der Waals surface area contributed by atoms with Crippen LogP contribution in [-0.4, -0.2) is 22.6 Å². The van der Waals surface area contributed by atoms with Crippen molar-refractivity contribution in [3.8, 4) is 5.69 Å². The van der Waals surface area contributed by atoms with E-state index in [0.717, 1.165) is 6.07 Å². The average Bonchev–Trinajstić information content (AvgIpc) is 2.74. The number of rotatable bonds is 3. The van der Waals surface area contributed by atoms with Gasteiger partial charge in [-0.15, -0.1) is 0 Å². The van der Waals surface area contributed by atoms with Crippen LogP contribution in [-0.2, 0) is 11.2 Å². The Balaban J connectivity index is 2.75. The van der Waals surface area contributed by atoms with E-state index >= 15 is 0 Å². The molecule has 0 aliphatic carbocycles. The topological polar surface area (TPSA) is 70.1 Å². The van der Waals surface area contributed by atoms with Gasteiger partial charge in [-0.25, -0.2) is 18.6 Å². The molecule has 1 aromatic carbocycles. The van der Waals surface area contributed by atoms with Crippen LogP contribution in [0.4, 0.5) is 14.6 Å². The molecule has 0 unspecified atom stereocenters. The maximum absolute atomic E-state index is 14.0. The number of ether oxygens (including phenoxy) is 1. The highest BCUT2D eigenvalue weighted by atomic mass is 35.5. The monoisotopic (exact) mass is 315 g/mol. The summed E-state index contributed by atoms with van der Waals surface area (Å²) in [6, 6.07) is 1.63. The molecule has 0 radical (unpaired) electrons. The number of carbonyl (C=O) groups is 1. The van der Waals surface area contributed by atoms with Gasteiger partial charge in [-0.3, -0.25) is 4.57 Å². The molecule has 21 heavy (non-hydrogen) atoms. The fourth-order valence-corrected chi connectivity index (χ4v) is 2.24. The second-order valence-corrected chi connectivity index (χ2v) is 4.57. The number of nitrogen functional groups attached to an aromatic ring is 1. The Labute approximate surface area is 124 Å². The van der Waals surface area contributed by atoms with Crippen molar-refractivity contribution >= 4 is 23.4 Å². The third-order valence-electron chi connectivity index (χ3n) is 2.88. The third-order valence-corrected chi connectivity index (χ3v) is 3.17. The number of anilines is 1. The van der Waals surface area contributed by atoms with Crippen LogP contribution in [0.5, 0.6) is 0 Å². The maximum Gasteiger partial charge on any atom is 0.360 e. The van der Waals surface area contributed by atoms with Crippen LogP contribution in [0.3, 0.4) is 0 Å². The van der Waals surface area contributed by atoms with Gasteiger partial charge in [0.15, 0.2) is 11.5 Å². The van der Waals surface area contributed by atoms with Crippen LogP contribution in [0.25, 0.3) is 5.69 Å². The normalized spacial score (nSPS) is 10.7. The minimum absolute atomic E-state index is 0.119. The van der Waals surface area contributed by atoms with E-state index in [2.05, 4.69) is 9.72 Å². The van der Waals surface area contributed by atoms with Crippen molar-refractivity contribution in [2.45, 2.75) is 13.3 Å². The summed E-state index contributed by atoms with van der Waals surface area (Å²) < 4.78 is 32.9. The predicted molar refractivity (Wildman–Crippen MR) is 73.6 cm³/mol. The van der Waals surface area contributed by atoms with Crippen molar-refractivity contribution in [3.05, 3.63) is 40.3 Å². The largest absolute Gasteiger partial charge is 0.464 e. The van der Waals surface area contributed by atoms with E-state index in [9.17, 15) is 13.6 Å². The van der Waals surface area contributed by atoms with E-state index in [-0.39, 0.29) is 22.2 Å². The SMILES string of the molecule is CCc1nc(C(=O)OC)c(N)n1-c1c(F)cc(F)cc1Cl. The third kappa shape index (κ3) is 2.56. The zero-order valence-electron chi connectivity index (χ0n) is 11.3. The fraction of sp³-hybridized carbons (Fsp3) is 0.231. The van der Waals surface area contributed by atoms with Crippen LogP contribution in [0.1, 0.15) is 23.2 Å². The van der Waals surface area contributed by atoms with Gasteiger partial charge in [0.2, 0.25) is 0 Å². The van der Waals surface area contributed by atoms with Crippen LogP contribution in [0, 0.1) is 11.6 Å². The summed E-state index contributed by atoms with van der Waals surface area (Å²) in [7, 11) is 1.18. The lowest BCUT2D eigenvalue weighted by Crippen LogP contribution is -2.10. The number of nitrogens with two attached hydrogens (primary N) is 1. The Hall–Kier alpha value is -2.15. The van der Waals surface area contributed by atoms with Crippen molar-refractivity contribution in [1.82, 2.24) is 9.55 Å². The molecule has 0 saturated carbocycles. The van der Waals surface area contributed by atoms with Gasteiger partial charge >= 0.3 is 5.97 Å². The van der Waals surface area contributed by atoms with Crippen molar-refractivity contribution in [2.75, 3.05) is 12.8 Å². The van der Waals surface area contributed by atoms with E-state index in [4.69, 9.17) is 17.3 Å². The lowest BCUT2D eigenvalue weighted by molar-refractivity contribution is 0.0595. The quantitative estimate of drug-likeness (QED) is 0.884. The molecule has 0 amide bonds. The number of methoxy groups -OCH3 is 1. The molecular weight excluding hydrogens is 304 g/mol. The number of halogens is 3. The number of hydrogen-bond donors (Lipinski definition) is 1. The highest BCUT2D eigenvalue weighted by Gasteiger charge is 2.24. The minimum atomic E-state index is -0.907. The molecule has 0 bridgehead atoms.